The Balaban J connectivity index is 0.00000202. The summed E-state index contributed by atoms with van der Waals surface area (Å²) in [4.78, 5) is 0. The van der Waals surface area contributed by atoms with E-state index in [0.717, 1.165) is 6.42 Å². The van der Waals surface area contributed by atoms with Crippen LogP contribution in [0.25, 0.3) is 16.7 Å². The third-order valence-corrected chi connectivity index (χ3v) is 20.8. The molecular weight excluding hydrogens is 603 g/mol. The minimum absolute atomic E-state index is 0. The Morgan fingerprint density at radius 3 is 1.76 bits per heavy atom. The van der Waals surface area contributed by atoms with E-state index in [1.54, 1.807) is 18.9 Å². The summed E-state index contributed by atoms with van der Waals surface area (Å²) in [5, 5.41) is 0. The second-order valence-electron chi connectivity index (χ2n) is 13.7. The average Bonchev–Trinajstić information content (AvgIpc) is 3.58. The van der Waals surface area contributed by atoms with E-state index in [-0.39, 0.29) is 35.6 Å². The van der Waals surface area contributed by atoms with E-state index in [0.29, 0.717) is 4.22 Å². The summed E-state index contributed by atoms with van der Waals surface area (Å²) >= 11 is -3.07. The van der Waals surface area contributed by atoms with Crippen LogP contribution in [0, 0.1) is 0 Å². The number of allylic oxidation sites excluding steroid dienone is 4. The zero-order valence-corrected chi connectivity index (χ0v) is 30.3. The smallest absolute Gasteiger partial charge is 0.147 e. The first-order valence-corrected chi connectivity index (χ1v) is 21.1. The van der Waals surface area contributed by atoms with Crippen LogP contribution >= 0.6 is 24.8 Å². The Kier molecular flexibility index (Phi) is 9.45. The SMILES string of the molecule is CC(C)(C)c1ccc2c(c1)[CH]([Ti](=[SiH2])([c]1ccccc1)[c]1ccccc1)c1c-2ccc(C(C)(C)C)c1C1=CC=CC1.Cl.Cl. The Morgan fingerprint density at radius 2 is 1.26 bits per heavy atom. The summed E-state index contributed by atoms with van der Waals surface area (Å²) in [7, 11) is 2.37. The molecule has 2 aliphatic rings. The minimum atomic E-state index is -3.07. The maximum atomic E-state index is 2.59. The van der Waals surface area contributed by atoms with Crippen molar-refractivity contribution in [1.29, 1.82) is 0 Å². The first-order valence-electron chi connectivity index (χ1n) is 14.7. The van der Waals surface area contributed by atoms with Gasteiger partial charge >= 0.3 is 247 Å². The van der Waals surface area contributed by atoms with Crippen LogP contribution in [-0.2, 0) is 26.2 Å². The van der Waals surface area contributed by atoms with Gasteiger partial charge in [0.1, 0.15) is 0 Å². The molecule has 217 valence electrons. The summed E-state index contributed by atoms with van der Waals surface area (Å²) < 4.78 is 3.49. The molecule has 0 aliphatic heterocycles. The molecule has 4 heteroatoms. The molecule has 0 amide bonds. The van der Waals surface area contributed by atoms with Crippen LogP contribution in [0.3, 0.4) is 0 Å². The molecule has 0 nitrogen and oxygen atoms in total. The van der Waals surface area contributed by atoms with Gasteiger partial charge < -0.3 is 0 Å². The van der Waals surface area contributed by atoms with E-state index in [9.17, 15) is 0 Å². The van der Waals surface area contributed by atoms with E-state index in [1.807, 2.05) is 0 Å². The maximum absolute atomic E-state index is 3.07. The topological polar surface area (TPSA) is 0 Å². The predicted molar refractivity (Wildman–Crippen MR) is 188 cm³/mol. The van der Waals surface area contributed by atoms with E-state index < -0.39 is 15.3 Å². The monoisotopic (exact) mass is 645 g/mol. The zero-order valence-electron chi connectivity index (χ0n) is 25.7. The predicted octanol–water partition coefficient (Wildman–Crippen LogP) is 8.89. The van der Waals surface area contributed by atoms with Gasteiger partial charge in [0.2, 0.25) is 0 Å². The Bertz CT molecular complexity index is 1660. The molecule has 0 spiro atoms. The molecule has 0 N–H and O–H groups in total. The number of hydrogen-bond acceptors (Lipinski definition) is 0. The summed E-state index contributed by atoms with van der Waals surface area (Å²) in [5.41, 5.74) is 12.1. The molecule has 0 saturated heterocycles. The third kappa shape index (κ3) is 5.49. The molecule has 0 aromatic heterocycles. The van der Waals surface area contributed by atoms with Crippen molar-refractivity contribution in [3.8, 4) is 11.1 Å². The van der Waals surface area contributed by atoms with Crippen LogP contribution in [0.5, 0.6) is 0 Å². The fraction of sp³-hybridized carbons (Fsp3) is 0.263. The number of halogens is 2. The second-order valence-corrected chi connectivity index (χ2v) is 24.0. The molecule has 4 aromatic rings. The van der Waals surface area contributed by atoms with Gasteiger partial charge in [0.05, 0.1) is 0 Å². The largest absolute Gasteiger partial charge is 0.147 e. The van der Waals surface area contributed by atoms with Crippen molar-refractivity contribution in [3.05, 3.63) is 137 Å². The first kappa shape index (κ1) is 32.8. The first-order chi connectivity index (χ1) is 19.0. The zero-order chi connectivity index (χ0) is 28.3. The van der Waals surface area contributed by atoms with Crippen LogP contribution in [0.1, 0.15) is 80.0 Å². The Morgan fingerprint density at radius 1 is 0.690 bits per heavy atom. The molecule has 0 fully saturated rings. The van der Waals surface area contributed by atoms with Crippen molar-refractivity contribution in [3.63, 3.8) is 0 Å². The van der Waals surface area contributed by atoms with Gasteiger partial charge in [-0.3, -0.25) is 0 Å². The average molecular weight is 647 g/mol. The molecule has 42 heavy (non-hydrogen) atoms. The van der Waals surface area contributed by atoms with Gasteiger partial charge in [-0.05, 0) is 0 Å². The fourth-order valence-electron chi connectivity index (χ4n) is 6.91. The molecule has 4 aromatic carbocycles. The van der Waals surface area contributed by atoms with Gasteiger partial charge in [0.15, 0.2) is 0 Å². The molecule has 0 radical (unpaired) electrons. The molecule has 0 bridgehead atoms. The van der Waals surface area contributed by atoms with Crippen LogP contribution in [-0.4, -0.2) is 7.63 Å². The Labute approximate surface area is 270 Å². The second kappa shape index (κ2) is 12.1. The quantitative estimate of drug-likeness (QED) is 0.194. The van der Waals surface area contributed by atoms with E-state index in [2.05, 4.69) is 158 Å². The van der Waals surface area contributed by atoms with Crippen LogP contribution in [0.4, 0.5) is 0 Å². The normalized spacial score (nSPS) is 15.8. The van der Waals surface area contributed by atoms with E-state index in [4.69, 9.17) is 0 Å². The molecule has 2 aliphatic carbocycles. The van der Waals surface area contributed by atoms with Gasteiger partial charge in [-0.2, -0.15) is 0 Å². The van der Waals surface area contributed by atoms with Crippen molar-refractivity contribution in [2.75, 3.05) is 0 Å². The molecule has 0 saturated carbocycles. The van der Waals surface area contributed by atoms with Crippen LogP contribution in [0.2, 0.25) is 0 Å². The van der Waals surface area contributed by atoms with Crippen molar-refractivity contribution >= 4 is 45.8 Å². The summed E-state index contributed by atoms with van der Waals surface area (Å²) in [6.45, 7) is 14.2. The minimum Gasteiger partial charge on any atom is -0.147 e. The number of hydrogen-bond donors (Lipinski definition) is 0. The summed E-state index contributed by atoms with van der Waals surface area (Å²) in [5.74, 6) is 0. The van der Waals surface area contributed by atoms with Gasteiger partial charge in [-0.15, -0.1) is 24.8 Å². The van der Waals surface area contributed by atoms with Crippen LogP contribution < -0.4 is 7.74 Å². The van der Waals surface area contributed by atoms with Crippen molar-refractivity contribution in [1.82, 2.24) is 0 Å². The Hall–Kier alpha value is -2.13. The summed E-state index contributed by atoms with van der Waals surface area (Å²) in [6, 6.07) is 35.4. The molecule has 1 unspecified atom stereocenters. The van der Waals surface area contributed by atoms with E-state index in [1.165, 1.54) is 33.4 Å². The van der Waals surface area contributed by atoms with Crippen molar-refractivity contribution in [2.45, 2.75) is 63.0 Å². The summed E-state index contributed by atoms with van der Waals surface area (Å²) in [6.07, 6.45) is 7.97. The van der Waals surface area contributed by atoms with Crippen molar-refractivity contribution in [2.24, 2.45) is 0 Å². The van der Waals surface area contributed by atoms with Crippen LogP contribution in [0.15, 0.2) is 109 Å². The molecule has 0 heterocycles. The third-order valence-electron chi connectivity index (χ3n) is 9.02. The van der Waals surface area contributed by atoms with Gasteiger partial charge in [0.25, 0.3) is 0 Å². The fourth-order valence-corrected chi connectivity index (χ4v) is 17.1. The van der Waals surface area contributed by atoms with E-state index >= 15 is 0 Å². The molecule has 1 atom stereocenters. The molecular formula is C38H43Cl2SiTi. The standard InChI is InChI=1S/C26H29.2C6H5.2ClH.H2Si.Ti/c1-25(2,3)19-11-12-20-18(15-19)16-22-21(20)13-14-23(26(4,5)6)24(22)17-9-7-8-10-17;2*1-2-4-6-5-3-1;;;;/h7-9,11-16H,10H2,1-6H3;2*1-5H;2*1H;1H2;. The number of benzene rings is 4. The maximum Gasteiger partial charge on any atom is -0.147 e. The van der Waals surface area contributed by atoms with Crippen molar-refractivity contribution < 1.29 is 15.3 Å². The van der Waals surface area contributed by atoms with Gasteiger partial charge in [-0.25, -0.2) is 0 Å². The molecule has 6 rings (SSSR count). The number of rotatable bonds is 4. The van der Waals surface area contributed by atoms with Gasteiger partial charge in [-0.1, -0.05) is 0 Å². The number of fused-ring (bicyclic) bond motifs is 3. The van der Waals surface area contributed by atoms with Gasteiger partial charge in [0, 0.05) is 0 Å².